The maximum absolute atomic E-state index is 12.1. The van der Waals surface area contributed by atoms with Crippen LogP contribution in [0.3, 0.4) is 0 Å². The number of carbonyl (C=O) groups excluding carboxylic acids is 1. The molecule has 1 saturated heterocycles. The minimum absolute atomic E-state index is 0.125. The highest BCUT2D eigenvalue weighted by Crippen LogP contribution is 2.28. The Hall–Kier alpha value is -1.70. The van der Waals surface area contributed by atoms with E-state index in [0.717, 1.165) is 0 Å². The quantitative estimate of drug-likeness (QED) is 0.836. The van der Waals surface area contributed by atoms with Crippen LogP contribution in [0.5, 0.6) is 0 Å². The molecule has 7 nitrogen and oxygen atoms in total. The molecule has 1 aliphatic rings. The number of amides is 1. The molecule has 2 atom stereocenters. The lowest BCUT2D eigenvalue weighted by Gasteiger charge is -2.25. The van der Waals surface area contributed by atoms with Crippen molar-refractivity contribution in [2.45, 2.75) is 39.2 Å². The molecule has 1 fully saturated rings. The van der Waals surface area contributed by atoms with E-state index in [0.29, 0.717) is 36.2 Å². The molecule has 8 heteroatoms. The Balaban J connectivity index is 2.01. The van der Waals surface area contributed by atoms with Crippen LogP contribution in [0.1, 0.15) is 32.9 Å². The zero-order valence-electron chi connectivity index (χ0n) is 14.0. The summed E-state index contributed by atoms with van der Waals surface area (Å²) >= 11 is 3.21. The largest absolute Gasteiger partial charge is 0.481 e. The van der Waals surface area contributed by atoms with Crippen molar-refractivity contribution in [3.05, 3.63) is 22.7 Å². The normalized spacial score (nSPS) is 19.2. The van der Waals surface area contributed by atoms with E-state index in [2.05, 4.69) is 25.9 Å². The van der Waals surface area contributed by atoms with Gasteiger partial charge >= 0.3 is 12.1 Å². The second-order valence-corrected chi connectivity index (χ2v) is 7.77. The number of carboxylic acids is 1. The average Bonchev–Trinajstić information content (AvgIpc) is 2.94. The number of carboxylic acid groups (broad SMARTS) is 1. The van der Waals surface area contributed by atoms with Gasteiger partial charge in [0.15, 0.2) is 0 Å². The molecule has 2 heterocycles. The summed E-state index contributed by atoms with van der Waals surface area (Å²) in [6.45, 7) is 6.32. The van der Waals surface area contributed by atoms with Gasteiger partial charge in [-0.1, -0.05) is 0 Å². The number of aliphatic carboxylic acids is 1. The smallest absolute Gasteiger partial charge is 0.410 e. The fourth-order valence-corrected chi connectivity index (χ4v) is 2.94. The molecule has 1 aromatic heterocycles. The highest BCUT2D eigenvalue weighted by molar-refractivity contribution is 9.10. The molecule has 1 amide bonds. The van der Waals surface area contributed by atoms with Crippen molar-refractivity contribution in [3.8, 4) is 0 Å². The van der Waals surface area contributed by atoms with Gasteiger partial charge in [0.05, 0.1) is 17.8 Å². The first-order chi connectivity index (χ1) is 11.2. The lowest BCUT2D eigenvalue weighted by atomic mass is 9.88. The number of hydrogen-bond donors (Lipinski definition) is 1. The van der Waals surface area contributed by atoms with Crippen LogP contribution in [-0.4, -0.2) is 50.7 Å². The number of nitrogens with zero attached hydrogens (tertiary/aromatic N) is 3. The Bertz CT molecular complexity index is 600. The Kier molecular flexibility index (Phi) is 5.79. The van der Waals surface area contributed by atoms with Gasteiger partial charge in [-0.2, -0.15) is 0 Å². The minimum atomic E-state index is -0.879. The number of halogens is 1. The van der Waals surface area contributed by atoms with Crippen LogP contribution in [0.2, 0.25) is 0 Å². The summed E-state index contributed by atoms with van der Waals surface area (Å²) in [5.41, 5.74) is 0.0651. The third-order valence-corrected chi connectivity index (χ3v) is 4.27. The van der Waals surface area contributed by atoms with Crippen LogP contribution >= 0.6 is 15.9 Å². The molecule has 132 valence electrons. The predicted octanol–water partition coefficient (Wildman–Crippen LogP) is 2.74. The topological polar surface area (TPSA) is 92.6 Å². The maximum Gasteiger partial charge on any atom is 0.410 e. The monoisotopic (exact) mass is 399 g/mol. The summed E-state index contributed by atoms with van der Waals surface area (Å²) in [5, 5.41) is 9.57. The van der Waals surface area contributed by atoms with Crippen LogP contribution in [0, 0.1) is 11.8 Å². The number of aromatic nitrogens is 2. The van der Waals surface area contributed by atoms with Gasteiger partial charge in [0, 0.05) is 25.7 Å². The SMILES string of the molecule is CC(C)(C)OC(=O)N1CC[C@H]([C@H](Cc2cnc(Br)cn2)C(=O)O)C1. The lowest BCUT2D eigenvalue weighted by molar-refractivity contribution is -0.143. The van der Waals surface area contributed by atoms with Crippen molar-refractivity contribution in [3.63, 3.8) is 0 Å². The van der Waals surface area contributed by atoms with Crippen molar-refractivity contribution >= 4 is 28.0 Å². The summed E-state index contributed by atoms with van der Waals surface area (Å²) in [6, 6.07) is 0. The number of carbonyl (C=O) groups is 2. The van der Waals surface area contributed by atoms with E-state index in [1.807, 2.05) is 20.8 Å². The molecule has 0 aliphatic carbocycles. The molecule has 24 heavy (non-hydrogen) atoms. The fraction of sp³-hybridized carbons (Fsp3) is 0.625. The van der Waals surface area contributed by atoms with Crippen LogP contribution in [0.15, 0.2) is 17.0 Å². The van der Waals surface area contributed by atoms with Crippen molar-refractivity contribution < 1.29 is 19.4 Å². The van der Waals surface area contributed by atoms with Gasteiger partial charge in [-0.3, -0.25) is 9.78 Å². The maximum atomic E-state index is 12.1. The van der Waals surface area contributed by atoms with Gasteiger partial charge in [-0.15, -0.1) is 0 Å². The second kappa shape index (κ2) is 7.46. The van der Waals surface area contributed by atoms with Crippen LogP contribution in [0.25, 0.3) is 0 Å². The fourth-order valence-electron chi connectivity index (χ4n) is 2.73. The minimum Gasteiger partial charge on any atom is -0.481 e. The Morgan fingerprint density at radius 1 is 1.42 bits per heavy atom. The van der Waals surface area contributed by atoms with Crippen molar-refractivity contribution in [1.29, 1.82) is 0 Å². The summed E-state index contributed by atoms with van der Waals surface area (Å²) < 4.78 is 5.96. The van der Waals surface area contributed by atoms with E-state index in [9.17, 15) is 14.7 Å². The van der Waals surface area contributed by atoms with E-state index < -0.39 is 23.6 Å². The van der Waals surface area contributed by atoms with Crippen LogP contribution in [0.4, 0.5) is 4.79 Å². The van der Waals surface area contributed by atoms with Crippen LogP contribution < -0.4 is 0 Å². The molecule has 0 aromatic carbocycles. The number of ether oxygens (including phenoxy) is 1. The van der Waals surface area contributed by atoms with Gasteiger partial charge in [0.1, 0.15) is 10.2 Å². The Morgan fingerprint density at radius 2 is 2.12 bits per heavy atom. The van der Waals surface area contributed by atoms with Crippen LogP contribution in [-0.2, 0) is 16.0 Å². The van der Waals surface area contributed by atoms with E-state index in [-0.39, 0.29) is 5.92 Å². The lowest BCUT2D eigenvalue weighted by Crippen LogP contribution is -2.36. The van der Waals surface area contributed by atoms with Gasteiger partial charge in [-0.25, -0.2) is 9.78 Å². The first-order valence-electron chi connectivity index (χ1n) is 7.83. The zero-order valence-corrected chi connectivity index (χ0v) is 15.6. The summed E-state index contributed by atoms with van der Waals surface area (Å²) in [5.74, 6) is -1.61. The standard InChI is InChI=1S/C16H22BrN3O4/c1-16(2,3)24-15(23)20-5-4-10(9-20)12(14(21)22)6-11-7-19-13(17)8-18-11/h7-8,10,12H,4-6,9H2,1-3H3,(H,21,22)/t10-,12-/m0/s1. The Labute approximate surface area is 149 Å². The molecular formula is C16H22BrN3O4. The summed E-state index contributed by atoms with van der Waals surface area (Å²) in [7, 11) is 0. The van der Waals surface area contributed by atoms with E-state index in [1.54, 1.807) is 17.3 Å². The first kappa shape index (κ1) is 18.6. The third-order valence-electron chi connectivity index (χ3n) is 3.87. The molecular weight excluding hydrogens is 378 g/mol. The molecule has 1 aliphatic heterocycles. The Morgan fingerprint density at radius 3 is 2.67 bits per heavy atom. The molecule has 2 rings (SSSR count). The average molecular weight is 400 g/mol. The van der Waals surface area contributed by atoms with E-state index in [4.69, 9.17) is 4.74 Å². The molecule has 0 spiro atoms. The first-order valence-corrected chi connectivity index (χ1v) is 8.62. The molecule has 0 unspecified atom stereocenters. The van der Waals surface area contributed by atoms with Crippen molar-refractivity contribution in [1.82, 2.24) is 14.9 Å². The van der Waals surface area contributed by atoms with Crippen molar-refractivity contribution in [2.24, 2.45) is 11.8 Å². The molecule has 1 N–H and O–H groups in total. The summed E-state index contributed by atoms with van der Waals surface area (Å²) in [4.78, 5) is 33.7. The highest BCUT2D eigenvalue weighted by Gasteiger charge is 2.37. The summed E-state index contributed by atoms with van der Waals surface area (Å²) in [6.07, 6.45) is 3.66. The third kappa shape index (κ3) is 5.15. The molecule has 0 bridgehead atoms. The van der Waals surface area contributed by atoms with Gasteiger partial charge < -0.3 is 14.7 Å². The molecule has 1 aromatic rings. The number of rotatable bonds is 4. The van der Waals surface area contributed by atoms with E-state index >= 15 is 0 Å². The van der Waals surface area contributed by atoms with Gasteiger partial charge in [0.25, 0.3) is 0 Å². The molecule has 0 radical (unpaired) electrons. The van der Waals surface area contributed by atoms with Gasteiger partial charge in [0.2, 0.25) is 0 Å². The predicted molar refractivity (Wildman–Crippen MR) is 90.5 cm³/mol. The number of likely N-dealkylation sites (tertiary alicyclic amines) is 1. The highest BCUT2D eigenvalue weighted by atomic mass is 79.9. The zero-order chi connectivity index (χ0) is 17.9. The van der Waals surface area contributed by atoms with Crippen molar-refractivity contribution in [2.75, 3.05) is 13.1 Å². The van der Waals surface area contributed by atoms with Gasteiger partial charge in [-0.05, 0) is 49.0 Å². The number of hydrogen-bond acceptors (Lipinski definition) is 5. The van der Waals surface area contributed by atoms with E-state index in [1.165, 1.54) is 0 Å². The molecule has 0 saturated carbocycles. The second-order valence-electron chi connectivity index (χ2n) is 6.95.